The van der Waals surface area contributed by atoms with Crippen LogP contribution >= 0.6 is 11.3 Å². The molecule has 0 amide bonds. The summed E-state index contributed by atoms with van der Waals surface area (Å²) in [7, 11) is 0. The Bertz CT molecular complexity index is 588. The van der Waals surface area contributed by atoms with Gasteiger partial charge in [-0.1, -0.05) is 41.7 Å². The smallest absolute Gasteiger partial charge is 0.290 e. The molecule has 2 aromatic rings. The lowest BCUT2D eigenvalue weighted by Gasteiger charge is -2.35. The molecule has 1 aromatic carbocycles. The van der Waals surface area contributed by atoms with Crippen molar-refractivity contribution in [3.05, 3.63) is 36.5 Å². The summed E-state index contributed by atoms with van der Waals surface area (Å²) in [5.41, 5.74) is 1.03. The summed E-state index contributed by atoms with van der Waals surface area (Å²) >= 11 is 1.39. The summed E-state index contributed by atoms with van der Waals surface area (Å²) < 4.78 is 27.1. The van der Waals surface area contributed by atoms with E-state index in [1.165, 1.54) is 11.3 Å². The lowest BCUT2D eigenvalue weighted by atomic mass is 10.0. The third kappa shape index (κ3) is 2.53. The minimum atomic E-state index is -3.07. The third-order valence-corrected chi connectivity index (χ3v) is 4.49. The van der Waals surface area contributed by atoms with Gasteiger partial charge in [0.25, 0.3) is 5.92 Å². The highest BCUT2D eigenvalue weighted by molar-refractivity contribution is 7.18. The second-order valence-electron chi connectivity index (χ2n) is 4.86. The van der Waals surface area contributed by atoms with Crippen molar-refractivity contribution in [1.82, 2.24) is 4.98 Å². The van der Waals surface area contributed by atoms with E-state index in [2.05, 4.69) is 4.98 Å². The van der Waals surface area contributed by atoms with Crippen LogP contribution in [0.4, 0.5) is 13.9 Å². The summed E-state index contributed by atoms with van der Waals surface area (Å²) in [5, 5.41) is 9.87. The van der Waals surface area contributed by atoms with Crippen LogP contribution in [0.1, 0.15) is 6.42 Å². The molecule has 0 aliphatic carbocycles. The van der Waals surface area contributed by atoms with Gasteiger partial charge in [0.05, 0.1) is 11.4 Å². The summed E-state index contributed by atoms with van der Waals surface area (Å²) in [5.74, 6) is -3.07. The number of anilines is 1. The number of hydrogen-bond acceptors (Lipinski definition) is 4. The van der Waals surface area contributed by atoms with Crippen molar-refractivity contribution in [3.63, 3.8) is 0 Å². The number of benzene rings is 1. The Hall–Kier alpha value is -1.53. The van der Waals surface area contributed by atoms with Gasteiger partial charge in [-0.2, -0.15) is 0 Å². The summed E-state index contributed by atoms with van der Waals surface area (Å²) in [6.45, 7) is -0.0750. The molecule has 0 spiro atoms. The van der Waals surface area contributed by atoms with Gasteiger partial charge in [-0.25, -0.2) is 13.8 Å². The van der Waals surface area contributed by atoms with Crippen LogP contribution in [-0.2, 0) is 0 Å². The molecule has 1 N–H and O–H groups in total. The largest absolute Gasteiger partial charge is 0.387 e. The number of piperidine rings is 1. The summed E-state index contributed by atoms with van der Waals surface area (Å²) in [6, 6.07) is 9.72. The molecule has 2 heterocycles. The average Bonchev–Trinajstić information content (AvgIpc) is 2.92. The first-order valence-corrected chi connectivity index (χ1v) is 7.20. The normalized spacial score (nSPS) is 21.9. The van der Waals surface area contributed by atoms with Crippen LogP contribution in [0.2, 0.25) is 0 Å². The Morgan fingerprint density at radius 2 is 2.05 bits per heavy atom. The van der Waals surface area contributed by atoms with E-state index in [0.717, 1.165) is 10.4 Å². The van der Waals surface area contributed by atoms with Crippen molar-refractivity contribution < 1.29 is 13.9 Å². The molecule has 3 rings (SSSR count). The first-order valence-electron chi connectivity index (χ1n) is 6.38. The van der Waals surface area contributed by atoms with E-state index >= 15 is 0 Å². The van der Waals surface area contributed by atoms with E-state index in [1.807, 2.05) is 30.3 Å². The number of halogens is 2. The van der Waals surface area contributed by atoms with Crippen LogP contribution in [0.15, 0.2) is 36.5 Å². The lowest BCUT2D eigenvalue weighted by molar-refractivity contribution is -0.113. The molecule has 1 aliphatic rings. The maximum absolute atomic E-state index is 13.5. The quantitative estimate of drug-likeness (QED) is 0.925. The van der Waals surface area contributed by atoms with Gasteiger partial charge in [-0.3, -0.25) is 0 Å². The predicted molar refractivity (Wildman–Crippen MR) is 75.3 cm³/mol. The Morgan fingerprint density at radius 3 is 2.75 bits per heavy atom. The number of rotatable bonds is 2. The van der Waals surface area contributed by atoms with E-state index < -0.39 is 18.6 Å². The van der Waals surface area contributed by atoms with Crippen LogP contribution in [0, 0.1) is 0 Å². The number of aliphatic hydroxyl groups excluding tert-OH is 1. The molecule has 0 bridgehead atoms. The maximum atomic E-state index is 13.5. The fraction of sp³-hybridized carbons (Fsp3) is 0.357. The highest BCUT2D eigenvalue weighted by atomic mass is 32.1. The van der Waals surface area contributed by atoms with Gasteiger partial charge in [-0.15, -0.1) is 0 Å². The fourth-order valence-corrected chi connectivity index (χ4v) is 3.18. The molecule has 0 saturated carbocycles. The number of hydrogen-bond donors (Lipinski definition) is 1. The topological polar surface area (TPSA) is 36.4 Å². The van der Waals surface area contributed by atoms with Gasteiger partial charge < -0.3 is 10.0 Å². The van der Waals surface area contributed by atoms with Crippen molar-refractivity contribution in [3.8, 4) is 10.4 Å². The van der Waals surface area contributed by atoms with Crippen LogP contribution < -0.4 is 4.90 Å². The van der Waals surface area contributed by atoms with Crippen molar-refractivity contribution in [2.45, 2.75) is 18.4 Å². The Morgan fingerprint density at radius 1 is 1.30 bits per heavy atom. The minimum Gasteiger partial charge on any atom is -0.387 e. The molecule has 20 heavy (non-hydrogen) atoms. The SMILES string of the molecule is OC1CCN(c2ncc(-c3ccccc3)s2)CC1(F)F. The van der Waals surface area contributed by atoms with Crippen molar-refractivity contribution in [2.75, 3.05) is 18.0 Å². The first kappa shape index (κ1) is 13.5. The Labute approximate surface area is 119 Å². The van der Waals surface area contributed by atoms with Gasteiger partial charge >= 0.3 is 0 Å². The zero-order valence-corrected chi connectivity index (χ0v) is 11.5. The van der Waals surface area contributed by atoms with Gasteiger partial charge in [0, 0.05) is 12.7 Å². The van der Waals surface area contributed by atoms with Gasteiger partial charge in [0.2, 0.25) is 0 Å². The van der Waals surface area contributed by atoms with Gasteiger partial charge in [0.1, 0.15) is 6.10 Å². The Kier molecular flexibility index (Phi) is 3.43. The number of aromatic nitrogens is 1. The number of nitrogens with zero attached hydrogens (tertiary/aromatic N) is 2. The molecule has 3 nitrogen and oxygen atoms in total. The predicted octanol–water partition coefficient (Wildman–Crippen LogP) is 3.02. The molecule has 6 heteroatoms. The monoisotopic (exact) mass is 296 g/mol. The summed E-state index contributed by atoms with van der Waals surface area (Å²) in [6.07, 6.45) is 0.221. The standard InChI is InChI=1S/C14H14F2N2OS/c15-14(16)9-18(7-6-12(14)19)13-17-8-11(20-13)10-4-2-1-3-5-10/h1-5,8,12,19H,6-7,9H2. The highest BCUT2D eigenvalue weighted by Gasteiger charge is 2.44. The van der Waals surface area contributed by atoms with Crippen molar-refractivity contribution >= 4 is 16.5 Å². The van der Waals surface area contributed by atoms with E-state index in [4.69, 9.17) is 0 Å². The van der Waals surface area contributed by atoms with Crippen LogP contribution in [0.25, 0.3) is 10.4 Å². The Balaban J connectivity index is 1.81. The van der Waals surface area contributed by atoms with E-state index in [-0.39, 0.29) is 6.42 Å². The average molecular weight is 296 g/mol. The van der Waals surface area contributed by atoms with Crippen LogP contribution in [0.3, 0.4) is 0 Å². The molecular weight excluding hydrogens is 282 g/mol. The van der Waals surface area contributed by atoms with Crippen LogP contribution in [0.5, 0.6) is 0 Å². The maximum Gasteiger partial charge on any atom is 0.290 e. The van der Waals surface area contributed by atoms with Crippen molar-refractivity contribution in [2.24, 2.45) is 0 Å². The minimum absolute atomic E-state index is 0.0627. The van der Waals surface area contributed by atoms with Crippen LogP contribution in [-0.4, -0.2) is 35.2 Å². The highest BCUT2D eigenvalue weighted by Crippen LogP contribution is 2.35. The number of alkyl halides is 2. The van der Waals surface area contributed by atoms with Gasteiger partial charge in [0.15, 0.2) is 5.13 Å². The van der Waals surface area contributed by atoms with Gasteiger partial charge in [-0.05, 0) is 12.0 Å². The molecule has 1 unspecified atom stereocenters. The third-order valence-electron chi connectivity index (χ3n) is 3.38. The van der Waals surface area contributed by atoms with E-state index in [9.17, 15) is 13.9 Å². The lowest BCUT2D eigenvalue weighted by Crippen LogP contribution is -2.51. The molecule has 1 aromatic heterocycles. The number of thiazole rings is 1. The molecular formula is C14H14F2N2OS. The molecule has 1 fully saturated rings. The zero-order chi connectivity index (χ0) is 14.2. The molecule has 0 radical (unpaired) electrons. The molecule has 1 aliphatic heterocycles. The fourth-order valence-electron chi connectivity index (χ4n) is 2.24. The summed E-state index contributed by atoms with van der Waals surface area (Å²) in [4.78, 5) is 6.74. The first-order chi connectivity index (χ1) is 9.56. The zero-order valence-electron chi connectivity index (χ0n) is 10.7. The van der Waals surface area contributed by atoms with Crippen molar-refractivity contribution in [1.29, 1.82) is 0 Å². The molecule has 1 atom stereocenters. The number of aliphatic hydroxyl groups is 1. The second kappa shape index (κ2) is 5.10. The molecule has 1 saturated heterocycles. The van der Waals surface area contributed by atoms with E-state index in [1.54, 1.807) is 11.1 Å². The molecule has 106 valence electrons. The second-order valence-corrected chi connectivity index (χ2v) is 5.87. The van der Waals surface area contributed by atoms with E-state index in [0.29, 0.717) is 11.7 Å².